The highest BCUT2D eigenvalue weighted by Crippen LogP contribution is 2.39. The summed E-state index contributed by atoms with van der Waals surface area (Å²) in [6, 6.07) is 10.8. The molecular weight excluding hydrogens is 499 g/mol. The van der Waals surface area contributed by atoms with Gasteiger partial charge >= 0.3 is 0 Å². The first-order chi connectivity index (χ1) is 14.7. The highest BCUT2D eigenvalue weighted by molar-refractivity contribution is 14.0. The summed E-state index contributed by atoms with van der Waals surface area (Å²) in [5.74, 6) is 1.63. The Kier molecular flexibility index (Phi) is 12.2. The second-order valence-corrected chi connectivity index (χ2v) is 9.30. The van der Waals surface area contributed by atoms with Crippen LogP contribution in [0.4, 0.5) is 0 Å². The van der Waals surface area contributed by atoms with E-state index in [1.807, 2.05) is 0 Å². The zero-order valence-corrected chi connectivity index (χ0v) is 21.7. The molecule has 1 saturated carbocycles. The molecule has 1 aliphatic heterocycles. The highest BCUT2D eigenvalue weighted by Gasteiger charge is 2.31. The molecule has 3 rings (SSSR count). The van der Waals surface area contributed by atoms with Crippen LogP contribution >= 0.6 is 24.0 Å². The maximum atomic E-state index is 9.56. The topological polar surface area (TPSA) is 59.9 Å². The number of nitrogens with zero attached hydrogens (tertiary/aromatic N) is 2. The van der Waals surface area contributed by atoms with Crippen LogP contribution in [-0.2, 0) is 6.42 Å². The summed E-state index contributed by atoms with van der Waals surface area (Å²) >= 11 is 0. The number of benzene rings is 1. The second kappa shape index (κ2) is 14.3. The minimum Gasteiger partial charge on any atom is -0.396 e. The molecule has 0 aromatic heterocycles. The van der Waals surface area contributed by atoms with Gasteiger partial charge in [0.2, 0.25) is 0 Å². The molecule has 31 heavy (non-hydrogen) atoms. The maximum absolute atomic E-state index is 9.56. The van der Waals surface area contributed by atoms with Gasteiger partial charge in [0.1, 0.15) is 0 Å². The van der Waals surface area contributed by atoms with Crippen LogP contribution in [0.1, 0.15) is 57.4 Å². The number of nitrogens with one attached hydrogen (secondary N) is 2. The minimum absolute atomic E-state index is 0. The average Bonchev–Trinajstić information content (AvgIpc) is 3.24. The van der Waals surface area contributed by atoms with E-state index < -0.39 is 0 Å². The Morgan fingerprint density at radius 3 is 2.65 bits per heavy atom. The van der Waals surface area contributed by atoms with Crippen molar-refractivity contribution in [2.24, 2.45) is 16.3 Å². The minimum atomic E-state index is 0. The van der Waals surface area contributed by atoms with Crippen molar-refractivity contribution in [3.63, 3.8) is 0 Å². The molecule has 1 aromatic carbocycles. The molecule has 6 heteroatoms. The standard InChI is InChI=1S/C25H42N4O.HI/c1-2-26-24(28-21-25(15-18-30)13-7-4-8-14-25)27-19-23-12-17-29(20-23)16-11-22-9-5-3-6-10-22;/h3,5-6,9-10,23,30H,2,4,7-8,11-21H2,1H3,(H2,26,27,28);1H. The van der Waals surface area contributed by atoms with E-state index in [1.165, 1.54) is 57.2 Å². The predicted molar refractivity (Wildman–Crippen MR) is 141 cm³/mol. The van der Waals surface area contributed by atoms with Crippen molar-refractivity contribution in [1.82, 2.24) is 15.5 Å². The molecule has 176 valence electrons. The van der Waals surface area contributed by atoms with Gasteiger partial charge in [0.05, 0.1) is 0 Å². The summed E-state index contributed by atoms with van der Waals surface area (Å²) in [6.45, 7) is 8.63. The Hall–Kier alpha value is -0.860. The van der Waals surface area contributed by atoms with Crippen LogP contribution < -0.4 is 10.6 Å². The van der Waals surface area contributed by atoms with Gasteiger partial charge in [0.25, 0.3) is 0 Å². The fourth-order valence-corrected chi connectivity index (χ4v) is 5.07. The molecule has 3 N–H and O–H groups in total. The van der Waals surface area contributed by atoms with Gasteiger partial charge in [-0.15, -0.1) is 24.0 Å². The van der Waals surface area contributed by atoms with Crippen molar-refractivity contribution in [1.29, 1.82) is 0 Å². The van der Waals surface area contributed by atoms with E-state index >= 15 is 0 Å². The molecule has 0 amide bonds. The summed E-state index contributed by atoms with van der Waals surface area (Å²) in [6.07, 6.45) is 9.58. The SMILES string of the molecule is CCNC(=NCC1(CCO)CCCCC1)NCC1CCN(CCc2ccccc2)C1.I. The molecule has 1 aliphatic carbocycles. The number of rotatable bonds is 10. The Bertz CT molecular complexity index is 628. The van der Waals surface area contributed by atoms with Crippen LogP contribution in [0.5, 0.6) is 0 Å². The van der Waals surface area contributed by atoms with E-state index in [1.54, 1.807) is 0 Å². The average molecular weight is 543 g/mol. The Morgan fingerprint density at radius 1 is 1.16 bits per heavy atom. The first-order valence-electron chi connectivity index (χ1n) is 12.1. The molecule has 0 spiro atoms. The lowest BCUT2D eigenvalue weighted by atomic mass is 9.72. The lowest BCUT2D eigenvalue weighted by Gasteiger charge is -2.35. The third-order valence-electron chi connectivity index (χ3n) is 6.96. The van der Waals surface area contributed by atoms with Gasteiger partial charge in [-0.3, -0.25) is 4.99 Å². The first kappa shape index (κ1) is 26.4. The molecule has 1 atom stereocenters. The fourth-order valence-electron chi connectivity index (χ4n) is 5.07. The zero-order chi connectivity index (χ0) is 21.1. The number of likely N-dealkylation sites (tertiary alicyclic amines) is 1. The summed E-state index contributed by atoms with van der Waals surface area (Å²) < 4.78 is 0. The van der Waals surface area contributed by atoms with Gasteiger partial charge in [0, 0.05) is 39.3 Å². The van der Waals surface area contributed by atoms with Gasteiger partial charge in [-0.25, -0.2) is 0 Å². The first-order valence-corrected chi connectivity index (χ1v) is 12.1. The van der Waals surface area contributed by atoms with Crippen LogP contribution in [-0.4, -0.2) is 61.8 Å². The summed E-state index contributed by atoms with van der Waals surface area (Å²) in [7, 11) is 0. The number of aliphatic imine (C=N–C) groups is 1. The number of guanidine groups is 1. The van der Waals surface area contributed by atoms with Crippen molar-refractivity contribution < 1.29 is 5.11 Å². The molecule has 0 bridgehead atoms. The van der Waals surface area contributed by atoms with Gasteiger partial charge in [-0.2, -0.15) is 0 Å². The van der Waals surface area contributed by atoms with Crippen molar-refractivity contribution >= 4 is 29.9 Å². The van der Waals surface area contributed by atoms with Crippen molar-refractivity contribution in [3.05, 3.63) is 35.9 Å². The van der Waals surface area contributed by atoms with Gasteiger partial charge in [0.15, 0.2) is 5.96 Å². The third kappa shape index (κ3) is 8.89. The lowest BCUT2D eigenvalue weighted by Crippen LogP contribution is -2.41. The smallest absolute Gasteiger partial charge is 0.191 e. The molecule has 1 heterocycles. The maximum Gasteiger partial charge on any atom is 0.191 e. The molecule has 1 saturated heterocycles. The molecule has 1 aromatic rings. The zero-order valence-electron chi connectivity index (χ0n) is 19.3. The van der Waals surface area contributed by atoms with Gasteiger partial charge in [-0.05, 0) is 62.5 Å². The van der Waals surface area contributed by atoms with Crippen molar-refractivity contribution in [2.45, 2.75) is 58.3 Å². The molecule has 5 nitrogen and oxygen atoms in total. The fraction of sp³-hybridized carbons (Fsp3) is 0.720. The lowest BCUT2D eigenvalue weighted by molar-refractivity contribution is 0.137. The highest BCUT2D eigenvalue weighted by atomic mass is 127. The monoisotopic (exact) mass is 542 g/mol. The summed E-state index contributed by atoms with van der Waals surface area (Å²) in [5, 5.41) is 16.6. The van der Waals surface area contributed by atoms with Crippen LogP contribution in [0, 0.1) is 11.3 Å². The number of hydrogen-bond acceptors (Lipinski definition) is 3. The second-order valence-electron chi connectivity index (χ2n) is 9.30. The van der Waals surface area contributed by atoms with E-state index in [2.05, 4.69) is 52.8 Å². The van der Waals surface area contributed by atoms with E-state index in [0.717, 1.165) is 45.0 Å². The van der Waals surface area contributed by atoms with E-state index in [0.29, 0.717) is 5.92 Å². The third-order valence-corrected chi connectivity index (χ3v) is 6.96. The quantitative estimate of drug-likeness (QED) is 0.237. The van der Waals surface area contributed by atoms with E-state index in [-0.39, 0.29) is 36.0 Å². The molecule has 2 fully saturated rings. The predicted octanol–water partition coefficient (Wildman–Crippen LogP) is 4.06. The van der Waals surface area contributed by atoms with E-state index in [4.69, 9.17) is 4.99 Å². The summed E-state index contributed by atoms with van der Waals surface area (Å²) in [4.78, 5) is 7.55. The number of aliphatic hydroxyl groups excluding tert-OH is 1. The van der Waals surface area contributed by atoms with Crippen LogP contribution in [0.3, 0.4) is 0 Å². The number of aliphatic hydroxyl groups is 1. The summed E-state index contributed by atoms with van der Waals surface area (Å²) in [5.41, 5.74) is 1.64. The van der Waals surface area contributed by atoms with Crippen molar-refractivity contribution in [2.75, 3.05) is 45.9 Å². The number of halogens is 1. The molecule has 0 radical (unpaired) electrons. The van der Waals surface area contributed by atoms with E-state index in [9.17, 15) is 5.11 Å². The number of hydrogen-bond donors (Lipinski definition) is 3. The van der Waals surface area contributed by atoms with Crippen LogP contribution in [0.15, 0.2) is 35.3 Å². The normalized spacial score (nSPS) is 21.5. The molecule has 1 unspecified atom stereocenters. The van der Waals surface area contributed by atoms with Crippen molar-refractivity contribution in [3.8, 4) is 0 Å². The Balaban J connectivity index is 0.00000341. The van der Waals surface area contributed by atoms with Crippen LogP contribution in [0.2, 0.25) is 0 Å². The van der Waals surface area contributed by atoms with Gasteiger partial charge in [-0.1, -0.05) is 49.6 Å². The van der Waals surface area contributed by atoms with Crippen LogP contribution in [0.25, 0.3) is 0 Å². The largest absolute Gasteiger partial charge is 0.396 e. The molecular formula is C25H43IN4O. The Morgan fingerprint density at radius 2 is 1.94 bits per heavy atom. The molecule has 2 aliphatic rings. The Labute approximate surface area is 206 Å². The van der Waals surface area contributed by atoms with Gasteiger partial charge < -0.3 is 20.6 Å².